The summed E-state index contributed by atoms with van der Waals surface area (Å²) in [6, 6.07) is 0. The molecule has 0 aliphatic carbocycles. The third-order valence-electron chi connectivity index (χ3n) is 1.21. The van der Waals surface area contributed by atoms with E-state index in [4.69, 9.17) is 0 Å². The van der Waals surface area contributed by atoms with E-state index in [-0.39, 0.29) is 12.4 Å². The van der Waals surface area contributed by atoms with Crippen LogP contribution in [0.5, 0.6) is 0 Å². The molecular weight excluding hydrogens is 279 g/mol. The van der Waals surface area contributed by atoms with E-state index < -0.39 is 47.9 Å². The number of alkyl halides is 5. The fraction of sp³-hybridized carbons (Fsp3) is 0.833. The maximum Gasteiger partial charge on any atom is 0.442 e. The summed E-state index contributed by atoms with van der Waals surface area (Å²) in [6.45, 7) is -2.03. The molecule has 0 rings (SSSR count). The Kier molecular flexibility index (Phi) is 8.06. The van der Waals surface area contributed by atoms with E-state index in [2.05, 4.69) is 5.73 Å². The van der Waals surface area contributed by atoms with Crippen LogP contribution in [0.2, 0.25) is 0 Å². The fourth-order valence-electron chi connectivity index (χ4n) is 0.498. The number of hydrogen-bond acceptors (Lipinski definition) is 3. The van der Waals surface area contributed by atoms with Gasteiger partial charge in [-0.05, 0) is 11.8 Å². The topological polar surface area (TPSA) is 55.1 Å². The molecule has 98 valence electrons. The number of halogens is 6. The molecule has 3 N–H and O–H groups in total. The number of nitrogens with one attached hydrogen (secondary N) is 1. The van der Waals surface area contributed by atoms with Crippen LogP contribution < -0.4 is 11.1 Å². The van der Waals surface area contributed by atoms with Crippen molar-refractivity contribution in [2.45, 2.75) is 11.4 Å². The first-order valence-corrected chi connectivity index (χ1v) is 4.70. The van der Waals surface area contributed by atoms with Crippen LogP contribution in [-0.2, 0) is 4.79 Å². The number of carbonyl (C=O) groups is 1. The van der Waals surface area contributed by atoms with Crippen molar-refractivity contribution >= 4 is 30.1 Å². The zero-order valence-corrected chi connectivity index (χ0v) is 9.45. The van der Waals surface area contributed by atoms with Gasteiger partial charge in [0.1, 0.15) is 0 Å². The highest BCUT2D eigenvalue weighted by Gasteiger charge is 2.31. The highest BCUT2D eigenvalue weighted by Crippen LogP contribution is 2.29. The standard InChI is InChI=1S/C6H9F5N2OS.ClH/c7-5(8,2-12)3-13-4(14)1-15-6(9,10)11;/h1-3,12H2,(H,13,14);1H. The Balaban J connectivity index is 0. The molecule has 0 heterocycles. The van der Waals surface area contributed by atoms with Crippen molar-refractivity contribution in [3.05, 3.63) is 0 Å². The number of nitrogens with two attached hydrogens (primary N) is 1. The first kappa shape index (κ1) is 18.1. The van der Waals surface area contributed by atoms with E-state index in [0.29, 0.717) is 0 Å². The minimum absolute atomic E-state index is 0. The van der Waals surface area contributed by atoms with Gasteiger partial charge in [0.15, 0.2) is 0 Å². The number of rotatable bonds is 5. The molecule has 10 heteroatoms. The Morgan fingerprint density at radius 3 is 2.12 bits per heavy atom. The van der Waals surface area contributed by atoms with E-state index in [1.165, 1.54) is 0 Å². The van der Waals surface area contributed by atoms with Gasteiger partial charge in [0.25, 0.3) is 5.92 Å². The lowest BCUT2D eigenvalue weighted by atomic mass is 10.3. The third-order valence-corrected chi connectivity index (χ3v) is 1.94. The molecule has 1 amide bonds. The van der Waals surface area contributed by atoms with E-state index in [0.717, 1.165) is 0 Å². The molecule has 0 aliphatic rings. The average Bonchev–Trinajstić information content (AvgIpc) is 2.10. The molecule has 0 aliphatic heterocycles. The van der Waals surface area contributed by atoms with Gasteiger partial charge in [0, 0.05) is 0 Å². The van der Waals surface area contributed by atoms with Crippen molar-refractivity contribution in [1.82, 2.24) is 5.32 Å². The molecular formula is C6H10ClF5N2OS. The normalized spacial score (nSPS) is 11.9. The van der Waals surface area contributed by atoms with Crippen LogP contribution in [0, 0.1) is 0 Å². The lowest BCUT2D eigenvalue weighted by Crippen LogP contribution is -2.42. The highest BCUT2D eigenvalue weighted by molar-refractivity contribution is 8.00. The van der Waals surface area contributed by atoms with Crippen molar-refractivity contribution in [3.63, 3.8) is 0 Å². The summed E-state index contributed by atoms with van der Waals surface area (Å²) in [4.78, 5) is 10.6. The Bertz CT molecular complexity index is 225. The van der Waals surface area contributed by atoms with E-state index >= 15 is 0 Å². The summed E-state index contributed by atoms with van der Waals surface area (Å²) in [5.41, 5.74) is 0.101. The van der Waals surface area contributed by atoms with Gasteiger partial charge in [-0.25, -0.2) is 8.78 Å². The minimum atomic E-state index is -4.55. The van der Waals surface area contributed by atoms with E-state index in [1.807, 2.05) is 0 Å². The molecule has 0 aromatic heterocycles. The second-order valence-corrected chi connectivity index (χ2v) is 3.61. The molecule has 0 saturated carbocycles. The Morgan fingerprint density at radius 2 is 1.75 bits per heavy atom. The molecule has 0 aromatic carbocycles. The fourth-order valence-corrected chi connectivity index (χ4v) is 0.895. The quantitative estimate of drug-likeness (QED) is 0.751. The number of hydrogen-bond donors (Lipinski definition) is 2. The lowest BCUT2D eigenvalue weighted by molar-refractivity contribution is -0.120. The van der Waals surface area contributed by atoms with Crippen LogP contribution in [0.1, 0.15) is 0 Å². The van der Waals surface area contributed by atoms with Gasteiger partial charge in [-0.15, -0.1) is 12.4 Å². The molecule has 0 aromatic rings. The van der Waals surface area contributed by atoms with Crippen LogP contribution in [0.4, 0.5) is 22.0 Å². The summed E-state index contributed by atoms with van der Waals surface area (Å²) in [6.07, 6.45) is 0. The molecule has 0 bridgehead atoms. The molecule has 3 nitrogen and oxygen atoms in total. The predicted molar refractivity (Wildman–Crippen MR) is 52.8 cm³/mol. The van der Waals surface area contributed by atoms with E-state index in [1.54, 1.807) is 5.32 Å². The average molecular weight is 289 g/mol. The SMILES string of the molecule is Cl.NCC(F)(F)CNC(=O)CSC(F)(F)F. The Hall–Kier alpha value is -0.280. The van der Waals surface area contributed by atoms with Crippen LogP contribution in [-0.4, -0.2) is 36.2 Å². The van der Waals surface area contributed by atoms with Gasteiger partial charge in [0.05, 0.1) is 18.8 Å². The number of amides is 1. The van der Waals surface area contributed by atoms with Crippen LogP contribution in [0.15, 0.2) is 0 Å². The summed E-state index contributed by atoms with van der Waals surface area (Å²) >= 11 is -0.588. The molecule has 0 fully saturated rings. The van der Waals surface area contributed by atoms with Gasteiger partial charge in [-0.1, -0.05) is 0 Å². The van der Waals surface area contributed by atoms with Crippen molar-refractivity contribution in [2.24, 2.45) is 5.73 Å². The second kappa shape index (κ2) is 7.13. The summed E-state index contributed by atoms with van der Waals surface area (Å²) in [5, 5.41) is 1.66. The number of carbonyl (C=O) groups excluding carboxylic acids is 1. The van der Waals surface area contributed by atoms with Gasteiger partial charge < -0.3 is 11.1 Å². The molecule has 0 atom stereocenters. The summed E-state index contributed by atoms with van der Waals surface area (Å²) in [5.74, 6) is -5.34. The maximum atomic E-state index is 12.4. The van der Waals surface area contributed by atoms with Crippen molar-refractivity contribution in [1.29, 1.82) is 0 Å². The Morgan fingerprint density at radius 1 is 1.25 bits per heavy atom. The minimum Gasteiger partial charge on any atom is -0.349 e. The summed E-state index contributed by atoms with van der Waals surface area (Å²) < 4.78 is 59.6. The molecule has 0 saturated heterocycles. The Labute approximate surface area is 98.7 Å². The highest BCUT2D eigenvalue weighted by atomic mass is 35.5. The predicted octanol–water partition coefficient (Wildman–Crippen LogP) is 1.37. The van der Waals surface area contributed by atoms with Crippen molar-refractivity contribution < 1.29 is 26.7 Å². The van der Waals surface area contributed by atoms with Gasteiger partial charge in [0.2, 0.25) is 5.91 Å². The second-order valence-electron chi connectivity index (χ2n) is 2.57. The molecule has 0 radical (unpaired) electrons. The first-order valence-electron chi connectivity index (χ1n) is 3.71. The lowest BCUT2D eigenvalue weighted by Gasteiger charge is -2.14. The zero-order chi connectivity index (χ0) is 12.1. The largest absolute Gasteiger partial charge is 0.442 e. The smallest absolute Gasteiger partial charge is 0.349 e. The van der Waals surface area contributed by atoms with Gasteiger partial charge in [-0.3, -0.25) is 4.79 Å². The first-order chi connectivity index (χ1) is 6.66. The maximum absolute atomic E-state index is 12.4. The molecule has 0 unspecified atom stereocenters. The van der Waals surface area contributed by atoms with E-state index in [9.17, 15) is 26.7 Å². The van der Waals surface area contributed by atoms with Crippen LogP contribution in [0.3, 0.4) is 0 Å². The monoisotopic (exact) mass is 288 g/mol. The number of thioether (sulfide) groups is 1. The zero-order valence-electron chi connectivity index (χ0n) is 7.81. The molecule has 16 heavy (non-hydrogen) atoms. The van der Waals surface area contributed by atoms with Gasteiger partial charge >= 0.3 is 5.51 Å². The third kappa shape index (κ3) is 10.2. The molecule has 0 spiro atoms. The van der Waals surface area contributed by atoms with Gasteiger partial charge in [-0.2, -0.15) is 13.2 Å². The van der Waals surface area contributed by atoms with Crippen LogP contribution >= 0.6 is 24.2 Å². The van der Waals surface area contributed by atoms with Crippen LogP contribution in [0.25, 0.3) is 0 Å². The summed E-state index contributed by atoms with van der Waals surface area (Å²) in [7, 11) is 0. The van der Waals surface area contributed by atoms with Crippen molar-refractivity contribution in [2.75, 3.05) is 18.8 Å². The van der Waals surface area contributed by atoms with Crippen molar-refractivity contribution in [3.8, 4) is 0 Å².